The van der Waals surface area contributed by atoms with Gasteiger partial charge in [-0.25, -0.2) is 4.39 Å². The highest BCUT2D eigenvalue weighted by Crippen LogP contribution is 2.39. The Morgan fingerprint density at radius 1 is 0.892 bits per heavy atom. The Kier molecular flexibility index (Phi) is 9.92. The zero-order valence-electron chi connectivity index (χ0n) is 22.4. The summed E-state index contributed by atoms with van der Waals surface area (Å²) < 4.78 is 48.9. The number of hydrogen-bond donors (Lipinski definition) is 0. The number of hydrogen-bond acceptors (Lipinski definition) is 1. The van der Waals surface area contributed by atoms with E-state index in [1.165, 1.54) is 56.6 Å². The predicted molar refractivity (Wildman–Crippen MR) is 145 cm³/mol. The van der Waals surface area contributed by atoms with Gasteiger partial charge in [0.25, 0.3) is 0 Å². The molecule has 0 heterocycles. The fraction of sp³-hybridized carbons (Fsp3) is 0.576. The summed E-state index contributed by atoms with van der Waals surface area (Å²) in [6.07, 6.45) is 11.1. The van der Waals surface area contributed by atoms with E-state index in [4.69, 9.17) is 4.74 Å². The summed E-state index contributed by atoms with van der Waals surface area (Å²) in [5.41, 5.74) is 2.91. The van der Waals surface area contributed by atoms with E-state index in [9.17, 15) is 13.2 Å². The van der Waals surface area contributed by atoms with Gasteiger partial charge in [-0.1, -0.05) is 68.7 Å². The van der Waals surface area contributed by atoms with Gasteiger partial charge in [0.05, 0.1) is 13.0 Å². The summed E-state index contributed by atoms with van der Waals surface area (Å²) >= 11 is 0. The molecule has 2 saturated carbocycles. The second-order valence-electron chi connectivity index (χ2n) is 11.4. The highest BCUT2D eigenvalue weighted by atomic mass is 19.3. The number of unbranched alkanes of at least 4 members (excludes halogenated alkanes) is 1. The highest BCUT2D eigenvalue weighted by molar-refractivity contribution is 5.28. The van der Waals surface area contributed by atoms with Crippen LogP contribution >= 0.6 is 0 Å². The second kappa shape index (κ2) is 13.1. The minimum absolute atomic E-state index is 0.174. The zero-order chi connectivity index (χ0) is 26.3. The van der Waals surface area contributed by atoms with Crippen molar-refractivity contribution in [3.8, 4) is 0 Å². The SMILES string of the molecule is C=CC1CCC(c2ccc(COC(F)(F)Cc3ccc(C4CCC(CCCC)CC4)cc3)c(F)c2)CC1. The summed E-state index contributed by atoms with van der Waals surface area (Å²) in [6, 6.07) is 12.6. The van der Waals surface area contributed by atoms with Crippen molar-refractivity contribution in [1.29, 1.82) is 0 Å². The van der Waals surface area contributed by atoms with Crippen LogP contribution in [0.2, 0.25) is 0 Å². The molecule has 0 radical (unpaired) electrons. The lowest BCUT2D eigenvalue weighted by Crippen LogP contribution is -2.24. The molecule has 4 heteroatoms. The Hall–Kier alpha value is -2.07. The predicted octanol–water partition coefficient (Wildman–Crippen LogP) is 10.1. The number of ether oxygens (including phenoxy) is 1. The summed E-state index contributed by atoms with van der Waals surface area (Å²) in [4.78, 5) is 0. The van der Waals surface area contributed by atoms with Gasteiger partial charge in [-0.15, -0.1) is 6.58 Å². The molecule has 0 N–H and O–H groups in total. The Morgan fingerprint density at radius 3 is 2.14 bits per heavy atom. The second-order valence-corrected chi connectivity index (χ2v) is 11.4. The molecule has 0 unspecified atom stereocenters. The molecular formula is C33H43F3O. The van der Waals surface area contributed by atoms with Crippen molar-refractivity contribution in [1.82, 2.24) is 0 Å². The van der Waals surface area contributed by atoms with Crippen molar-refractivity contribution < 1.29 is 17.9 Å². The molecule has 0 bridgehead atoms. The smallest absolute Gasteiger partial charge is 0.315 e. The van der Waals surface area contributed by atoms with Gasteiger partial charge in [-0.05, 0) is 97.8 Å². The monoisotopic (exact) mass is 512 g/mol. The van der Waals surface area contributed by atoms with E-state index in [2.05, 4.69) is 13.5 Å². The van der Waals surface area contributed by atoms with E-state index in [0.29, 0.717) is 23.3 Å². The van der Waals surface area contributed by atoms with Crippen molar-refractivity contribution >= 4 is 0 Å². The maximum absolute atomic E-state index is 14.7. The van der Waals surface area contributed by atoms with Crippen LogP contribution in [-0.2, 0) is 17.8 Å². The van der Waals surface area contributed by atoms with E-state index >= 15 is 0 Å². The van der Waals surface area contributed by atoms with E-state index in [0.717, 1.165) is 37.2 Å². The van der Waals surface area contributed by atoms with Crippen molar-refractivity contribution in [2.45, 2.75) is 109 Å². The average Bonchev–Trinajstić information content (AvgIpc) is 2.92. The molecule has 37 heavy (non-hydrogen) atoms. The summed E-state index contributed by atoms with van der Waals surface area (Å²) in [6.45, 7) is 5.67. The van der Waals surface area contributed by atoms with Crippen LogP contribution in [0.1, 0.15) is 112 Å². The van der Waals surface area contributed by atoms with Crippen LogP contribution in [-0.4, -0.2) is 6.11 Å². The summed E-state index contributed by atoms with van der Waals surface area (Å²) in [5.74, 6) is 1.79. The van der Waals surface area contributed by atoms with Crippen LogP contribution in [0.4, 0.5) is 13.2 Å². The standard InChI is InChI=1S/C33H43F3O/c1-3-5-6-25-9-15-27(16-10-25)28-17-11-26(12-18-28)22-33(35,36)37-23-31-20-19-30(21-32(31)34)29-13-7-24(4-2)8-14-29/h4,11-12,17-21,24-25,27,29H,2-3,5-10,13-16,22-23H2,1H3. The first-order chi connectivity index (χ1) is 17.9. The molecule has 0 aromatic heterocycles. The van der Waals surface area contributed by atoms with Crippen molar-refractivity contribution in [2.24, 2.45) is 11.8 Å². The molecule has 2 aliphatic rings. The highest BCUT2D eigenvalue weighted by Gasteiger charge is 2.31. The third-order valence-corrected chi connectivity index (χ3v) is 8.77. The fourth-order valence-electron chi connectivity index (χ4n) is 6.28. The molecular weight excluding hydrogens is 469 g/mol. The van der Waals surface area contributed by atoms with Crippen LogP contribution in [0.25, 0.3) is 0 Å². The number of alkyl halides is 2. The summed E-state index contributed by atoms with van der Waals surface area (Å²) in [5, 5.41) is 0. The molecule has 202 valence electrons. The first-order valence-electron chi connectivity index (χ1n) is 14.4. The van der Waals surface area contributed by atoms with Gasteiger partial charge in [-0.3, -0.25) is 0 Å². The van der Waals surface area contributed by atoms with Crippen molar-refractivity contribution in [2.75, 3.05) is 0 Å². The van der Waals surface area contributed by atoms with E-state index in [1.807, 2.05) is 24.3 Å². The van der Waals surface area contributed by atoms with E-state index < -0.39 is 25.0 Å². The molecule has 0 aliphatic heterocycles. The molecule has 2 aromatic carbocycles. The average molecular weight is 513 g/mol. The van der Waals surface area contributed by atoms with E-state index in [1.54, 1.807) is 18.2 Å². The van der Waals surface area contributed by atoms with Gasteiger partial charge in [0.2, 0.25) is 0 Å². The number of benzene rings is 2. The Bertz CT molecular complexity index is 983. The van der Waals surface area contributed by atoms with Crippen LogP contribution < -0.4 is 0 Å². The lowest BCUT2D eigenvalue weighted by Gasteiger charge is -2.29. The molecule has 0 saturated heterocycles. The molecule has 2 aromatic rings. The quantitative estimate of drug-likeness (QED) is 0.272. The third-order valence-electron chi connectivity index (χ3n) is 8.77. The van der Waals surface area contributed by atoms with Crippen LogP contribution in [0.15, 0.2) is 55.1 Å². The molecule has 2 fully saturated rings. The van der Waals surface area contributed by atoms with Gasteiger partial charge >= 0.3 is 6.11 Å². The van der Waals surface area contributed by atoms with Gasteiger partial charge < -0.3 is 4.74 Å². The minimum Gasteiger partial charge on any atom is -0.315 e. The first-order valence-corrected chi connectivity index (χ1v) is 14.4. The molecule has 4 rings (SSSR count). The Morgan fingerprint density at radius 2 is 1.51 bits per heavy atom. The Balaban J connectivity index is 1.26. The number of halogens is 3. The molecule has 2 aliphatic carbocycles. The minimum atomic E-state index is -3.35. The molecule has 1 nitrogen and oxygen atoms in total. The van der Waals surface area contributed by atoms with Gasteiger partial charge in [0.15, 0.2) is 0 Å². The van der Waals surface area contributed by atoms with Gasteiger partial charge in [0.1, 0.15) is 5.82 Å². The van der Waals surface area contributed by atoms with Crippen molar-refractivity contribution in [3.63, 3.8) is 0 Å². The summed E-state index contributed by atoms with van der Waals surface area (Å²) in [7, 11) is 0. The largest absolute Gasteiger partial charge is 0.360 e. The Labute approximate surface area is 221 Å². The molecule has 0 amide bonds. The zero-order valence-corrected chi connectivity index (χ0v) is 22.4. The van der Waals surface area contributed by atoms with Crippen LogP contribution in [0.3, 0.4) is 0 Å². The lowest BCUT2D eigenvalue weighted by molar-refractivity contribution is -0.244. The fourth-order valence-corrected chi connectivity index (χ4v) is 6.28. The third kappa shape index (κ3) is 7.96. The van der Waals surface area contributed by atoms with Crippen molar-refractivity contribution in [3.05, 3.63) is 83.2 Å². The maximum atomic E-state index is 14.7. The van der Waals surface area contributed by atoms with Gasteiger partial charge in [0, 0.05) is 5.56 Å². The lowest BCUT2D eigenvalue weighted by atomic mass is 9.77. The number of rotatable bonds is 11. The van der Waals surface area contributed by atoms with Gasteiger partial charge in [-0.2, -0.15) is 8.78 Å². The topological polar surface area (TPSA) is 9.23 Å². The normalized spacial score (nSPS) is 24.6. The maximum Gasteiger partial charge on any atom is 0.360 e. The number of allylic oxidation sites excluding steroid dienone is 1. The molecule has 0 spiro atoms. The van der Waals surface area contributed by atoms with Crippen LogP contribution in [0.5, 0.6) is 0 Å². The first kappa shape index (κ1) is 28.0. The van der Waals surface area contributed by atoms with E-state index in [-0.39, 0.29) is 5.56 Å². The molecule has 0 atom stereocenters. The van der Waals surface area contributed by atoms with Crippen LogP contribution in [0, 0.1) is 17.7 Å².